The minimum absolute atomic E-state index is 1.09. The zero-order valence-corrected chi connectivity index (χ0v) is 15.9. The topological polar surface area (TPSA) is 12.9 Å². The van der Waals surface area contributed by atoms with Crippen LogP contribution >= 0.6 is 15.9 Å². The van der Waals surface area contributed by atoms with Crippen molar-refractivity contribution in [3.05, 3.63) is 27.5 Å². The first-order chi connectivity index (χ1) is 10.8. The Morgan fingerprint density at radius 1 is 0.727 bits per heavy atom. The first-order valence-corrected chi connectivity index (χ1v) is 10.2. The fourth-order valence-electron chi connectivity index (χ4n) is 3.49. The van der Waals surface area contributed by atoms with Gasteiger partial charge in [0.2, 0.25) is 0 Å². The Morgan fingerprint density at radius 2 is 1.18 bits per heavy atom. The SMILES string of the molecule is Cc1cc2c(Br)nc1CCCCCCCCCCCCCC2. The van der Waals surface area contributed by atoms with Gasteiger partial charge < -0.3 is 0 Å². The van der Waals surface area contributed by atoms with Gasteiger partial charge in [-0.05, 0) is 59.7 Å². The molecule has 2 heterocycles. The summed E-state index contributed by atoms with van der Waals surface area (Å²) in [6, 6.07) is 2.37. The van der Waals surface area contributed by atoms with E-state index in [2.05, 4.69) is 28.9 Å². The first kappa shape index (κ1) is 18.0. The Bertz CT molecular complexity index is 400. The van der Waals surface area contributed by atoms with E-state index < -0.39 is 0 Å². The number of fused-ring (bicyclic) bond motifs is 15. The molecule has 1 aromatic heterocycles. The molecule has 0 spiro atoms. The van der Waals surface area contributed by atoms with E-state index in [9.17, 15) is 0 Å². The second-order valence-electron chi connectivity index (χ2n) is 6.94. The highest BCUT2D eigenvalue weighted by molar-refractivity contribution is 9.10. The Balaban J connectivity index is 1.94. The molecule has 0 fully saturated rings. The maximum atomic E-state index is 4.83. The number of halogens is 1. The maximum Gasteiger partial charge on any atom is 0.109 e. The van der Waals surface area contributed by atoms with Crippen LogP contribution in [-0.4, -0.2) is 4.98 Å². The smallest absolute Gasteiger partial charge is 0.109 e. The van der Waals surface area contributed by atoms with E-state index in [0.717, 1.165) is 11.0 Å². The highest BCUT2D eigenvalue weighted by atomic mass is 79.9. The van der Waals surface area contributed by atoms with Crippen LogP contribution < -0.4 is 0 Å². The molecule has 1 aliphatic heterocycles. The molecular weight excluding hydrogens is 334 g/mol. The minimum Gasteiger partial charge on any atom is -0.245 e. The highest BCUT2D eigenvalue weighted by Gasteiger charge is 2.08. The Morgan fingerprint density at radius 3 is 1.73 bits per heavy atom. The molecule has 0 radical (unpaired) electrons. The molecule has 0 saturated heterocycles. The molecule has 1 aliphatic carbocycles. The van der Waals surface area contributed by atoms with Crippen molar-refractivity contribution in [2.45, 2.75) is 96.8 Å². The number of rotatable bonds is 0. The second-order valence-corrected chi connectivity index (χ2v) is 7.70. The molecule has 1 aromatic rings. The van der Waals surface area contributed by atoms with Crippen LogP contribution in [0.2, 0.25) is 0 Å². The molecule has 0 unspecified atom stereocenters. The van der Waals surface area contributed by atoms with Crippen molar-refractivity contribution in [3.8, 4) is 0 Å². The van der Waals surface area contributed by atoms with E-state index in [0.29, 0.717) is 0 Å². The lowest BCUT2D eigenvalue weighted by Crippen LogP contribution is -2.00. The number of hydrogen-bond acceptors (Lipinski definition) is 1. The van der Waals surface area contributed by atoms with E-state index >= 15 is 0 Å². The van der Waals surface area contributed by atoms with Gasteiger partial charge in [-0.15, -0.1) is 0 Å². The Hall–Kier alpha value is -0.370. The number of pyridine rings is 1. The predicted molar refractivity (Wildman–Crippen MR) is 99.5 cm³/mol. The van der Waals surface area contributed by atoms with Crippen LogP contribution in [-0.2, 0) is 12.8 Å². The van der Waals surface area contributed by atoms with Crippen molar-refractivity contribution in [1.29, 1.82) is 0 Å². The van der Waals surface area contributed by atoms with Crippen molar-refractivity contribution >= 4 is 15.9 Å². The largest absolute Gasteiger partial charge is 0.245 e. The normalized spacial score (nSPS) is 19.5. The van der Waals surface area contributed by atoms with E-state index in [1.807, 2.05) is 0 Å². The van der Waals surface area contributed by atoms with Crippen LogP contribution in [0.3, 0.4) is 0 Å². The van der Waals surface area contributed by atoms with Gasteiger partial charge in [-0.3, -0.25) is 0 Å². The molecule has 0 N–H and O–H groups in total. The molecule has 0 amide bonds. The van der Waals surface area contributed by atoms with Crippen molar-refractivity contribution < 1.29 is 0 Å². The van der Waals surface area contributed by atoms with Crippen LogP contribution in [0.15, 0.2) is 10.7 Å². The lowest BCUT2D eigenvalue weighted by atomic mass is 10.0. The zero-order chi connectivity index (χ0) is 15.6. The van der Waals surface area contributed by atoms with Crippen molar-refractivity contribution in [2.75, 3.05) is 0 Å². The number of nitrogens with zero attached hydrogens (tertiary/aromatic N) is 1. The van der Waals surface area contributed by atoms with Crippen LogP contribution in [0, 0.1) is 6.92 Å². The summed E-state index contributed by atoms with van der Waals surface area (Å²) in [4.78, 5) is 4.83. The standard InChI is InChI=1S/C20H32BrN/c1-17-16-18-14-12-10-8-6-4-2-3-5-7-9-11-13-15-19(17)22-20(18)21/h16H,2-15H2,1H3. The summed E-state index contributed by atoms with van der Waals surface area (Å²) in [5, 5.41) is 0. The lowest BCUT2D eigenvalue weighted by molar-refractivity contribution is 0.538. The summed E-state index contributed by atoms with van der Waals surface area (Å²) >= 11 is 3.70. The number of hydrogen-bond donors (Lipinski definition) is 0. The van der Waals surface area contributed by atoms with Crippen LogP contribution in [0.5, 0.6) is 0 Å². The molecule has 22 heavy (non-hydrogen) atoms. The lowest BCUT2D eigenvalue weighted by Gasteiger charge is -2.11. The van der Waals surface area contributed by atoms with Gasteiger partial charge in [-0.2, -0.15) is 0 Å². The Kier molecular flexibility index (Phi) is 8.51. The molecule has 1 nitrogen and oxygen atoms in total. The number of aromatic nitrogens is 1. The van der Waals surface area contributed by atoms with Crippen LogP contribution in [0.1, 0.15) is 93.9 Å². The van der Waals surface area contributed by atoms with Crippen LogP contribution in [0.25, 0.3) is 0 Å². The maximum absolute atomic E-state index is 4.83. The van der Waals surface area contributed by atoms with E-state index in [1.165, 1.54) is 100 Å². The molecule has 0 atom stereocenters. The predicted octanol–water partition coefficient (Wildman–Crippen LogP) is 6.93. The summed E-state index contributed by atoms with van der Waals surface area (Å²) in [7, 11) is 0. The summed E-state index contributed by atoms with van der Waals surface area (Å²) in [5.41, 5.74) is 4.10. The second kappa shape index (κ2) is 10.4. The summed E-state index contributed by atoms with van der Waals surface area (Å²) < 4.78 is 1.09. The highest BCUT2D eigenvalue weighted by Crippen LogP contribution is 2.22. The molecule has 0 aromatic carbocycles. The average molecular weight is 366 g/mol. The van der Waals surface area contributed by atoms with Crippen molar-refractivity contribution in [3.63, 3.8) is 0 Å². The fraction of sp³-hybridized carbons (Fsp3) is 0.750. The fourth-order valence-corrected chi connectivity index (χ4v) is 4.01. The van der Waals surface area contributed by atoms with Gasteiger partial charge in [0.05, 0.1) is 0 Å². The molecular formula is C20H32BrN. The number of aryl methyl sites for hydroxylation is 3. The van der Waals surface area contributed by atoms with Gasteiger partial charge in [-0.1, -0.05) is 70.3 Å². The summed E-state index contributed by atoms with van der Waals surface area (Å²) in [6.45, 7) is 2.23. The van der Waals surface area contributed by atoms with Gasteiger partial charge in [0, 0.05) is 5.69 Å². The van der Waals surface area contributed by atoms with E-state index in [4.69, 9.17) is 4.98 Å². The van der Waals surface area contributed by atoms with Crippen molar-refractivity contribution in [1.82, 2.24) is 4.98 Å². The Labute approximate surface area is 145 Å². The van der Waals surface area contributed by atoms with Gasteiger partial charge in [-0.25, -0.2) is 4.98 Å². The third-order valence-electron chi connectivity index (χ3n) is 4.95. The van der Waals surface area contributed by atoms with E-state index in [1.54, 1.807) is 0 Å². The molecule has 2 heteroatoms. The molecule has 0 saturated carbocycles. The summed E-state index contributed by atoms with van der Waals surface area (Å²) in [5.74, 6) is 0. The van der Waals surface area contributed by atoms with Gasteiger partial charge in [0.1, 0.15) is 4.60 Å². The quantitative estimate of drug-likeness (QED) is 0.454. The summed E-state index contributed by atoms with van der Waals surface area (Å²) in [6.07, 6.45) is 19.1. The third-order valence-corrected chi connectivity index (χ3v) is 5.64. The van der Waals surface area contributed by atoms with Gasteiger partial charge in [0.15, 0.2) is 0 Å². The van der Waals surface area contributed by atoms with Gasteiger partial charge in [0.25, 0.3) is 0 Å². The van der Waals surface area contributed by atoms with Gasteiger partial charge >= 0.3 is 0 Å². The zero-order valence-electron chi connectivity index (χ0n) is 14.3. The average Bonchev–Trinajstić information content (AvgIpc) is 2.50. The molecule has 2 aliphatic rings. The van der Waals surface area contributed by atoms with E-state index in [-0.39, 0.29) is 0 Å². The molecule has 2 bridgehead atoms. The monoisotopic (exact) mass is 365 g/mol. The van der Waals surface area contributed by atoms with Crippen molar-refractivity contribution in [2.24, 2.45) is 0 Å². The van der Waals surface area contributed by atoms with Crippen LogP contribution in [0.4, 0.5) is 0 Å². The molecule has 124 valence electrons. The third kappa shape index (κ3) is 6.40. The molecule has 3 rings (SSSR count). The first-order valence-electron chi connectivity index (χ1n) is 9.42. The minimum atomic E-state index is 1.09.